The fourth-order valence-corrected chi connectivity index (χ4v) is 28.7. The van der Waals surface area contributed by atoms with Gasteiger partial charge >= 0.3 is 53.7 Å². The monoisotopic (exact) mass is 1580 g/mol. The van der Waals surface area contributed by atoms with Crippen molar-refractivity contribution in [3.05, 3.63) is 0 Å². The minimum Gasteiger partial charge on any atom is -0.469 e. The molecule has 0 radical (unpaired) electrons. The lowest BCUT2D eigenvalue weighted by atomic mass is 9.65. The average Bonchev–Trinajstić information content (AvgIpc) is 1.54. The van der Waals surface area contributed by atoms with E-state index in [1.54, 1.807) is 0 Å². The molecule has 0 aromatic heterocycles. The fraction of sp³-hybridized carbons (Fsp3) is 0.892. The molecule has 632 valence electrons. The number of fused-ring (bicyclic) bond motifs is 32. The van der Waals surface area contributed by atoms with E-state index in [1.165, 1.54) is 111 Å². The van der Waals surface area contributed by atoms with Crippen molar-refractivity contribution in [1.82, 2.24) is 0 Å². The van der Waals surface area contributed by atoms with Crippen LogP contribution in [0.2, 0.25) is 0 Å². The van der Waals surface area contributed by atoms with Crippen LogP contribution in [-0.2, 0) is 95.3 Å². The highest BCUT2D eigenvalue weighted by Gasteiger charge is 2.74. The summed E-state index contributed by atoms with van der Waals surface area (Å²) < 4.78 is 53.4. The minimum atomic E-state index is -0.465. The first-order valence-corrected chi connectivity index (χ1v) is 45.2. The maximum Gasteiger partial charge on any atom is 0.312 e. The molecule has 33 atom stereocenters. The molecule has 20 nitrogen and oxygen atoms in total. The highest BCUT2D eigenvalue weighted by Crippen LogP contribution is 2.75. The van der Waals surface area contributed by atoms with Crippen LogP contribution in [0.25, 0.3) is 0 Å². The Morgan fingerprint density at radius 1 is 0.442 bits per heavy atom. The molecule has 0 amide bonds. The molecule has 113 heavy (non-hydrogen) atoms. The highest BCUT2D eigenvalue weighted by atomic mass is 16.6. The molecule has 0 aromatic rings. The van der Waals surface area contributed by atoms with E-state index in [2.05, 4.69) is 14.2 Å². The van der Waals surface area contributed by atoms with E-state index in [9.17, 15) is 47.9 Å². The van der Waals surface area contributed by atoms with Crippen LogP contribution in [-0.4, -0.2) is 129 Å². The molecule has 21 fully saturated rings. The van der Waals surface area contributed by atoms with Crippen LogP contribution in [0.3, 0.4) is 0 Å². The quantitative estimate of drug-likeness (QED) is 0.0998. The number of carbonyl (C=O) groups is 10. The van der Waals surface area contributed by atoms with Crippen LogP contribution >= 0.6 is 0 Å². The molecular weight excluding hydrogens is 1440 g/mol. The third-order valence-corrected chi connectivity index (χ3v) is 35.7. The molecule has 33 unspecified atom stereocenters. The number of methoxy groups -OCH3 is 3. The van der Waals surface area contributed by atoms with E-state index in [0.29, 0.717) is 55.3 Å². The third kappa shape index (κ3) is 14.6. The molecule has 5 saturated heterocycles. The zero-order chi connectivity index (χ0) is 81.3. The summed E-state index contributed by atoms with van der Waals surface area (Å²) in [6, 6.07) is 0. The van der Waals surface area contributed by atoms with E-state index < -0.39 is 10.8 Å². The minimum absolute atomic E-state index is 0.0212. The number of Topliss-reactive ketones (excluding diaryl/α,β-unsaturated/α-hetero) is 1. The van der Waals surface area contributed by atoms with Gasteiger partial charge in [-0.15, -0.1) is 0 Å². The number of ketones is 1. The molecule has 5 heterocycles. The second-order valence-corrected chi connectivity index (χ2v) is 42.0. The van der Waals surface area contributed by atoms with Crippen LogP contribution < -0.4 is 0 Å². The van der Waals surface area contributed by atoms with Crippen molar-refractivity contribution in [1.29, 1.82) is 0 Å². The van der Waals surface area contributed by atoms with Crippen molar-refractivity contribution >= 4 is 59.5 Å². The Bertz CT molecular complexity index is 3520. The van der Waals surface area contributed by atoms with E-state index >= 15 is 0 Å². The van der Waals surface area contributed by atoms with Gasteiger partial charge in [0.25, 0.3) is 0 Å². The third-order valence-electron chi connectivity index (χ3n) is 35.7. The number of hydrogen-bond acceptors (Lipinski definition) is 20. The van der Waals surface area contributed by atoms with Gasteiger partial charge in [0.05, 0.1) is 67.3 Å². The lowest BCUT2D eigenvalue weighted by Crippen LogP contribution is -2.48. The van der Waals surface area contributed by atoms with Crippen molar-refractivity contribution in [3.8, 4) is 0 Å². The van der Waals surface area contributed by atoms with Gasteiger partial charge in [-0.25, -0.2) is 0 Å². The predicted molar refractivity (Wildman–Crippen MR) is 417 cm³/mol. The highest BCUT2D eigenvalue weighted by molar-refractivity contribution is 5.90. The van der Waals surface area contributed by atoms with Gasteiger partial charge in [-0.05, 0) is 310 Å². The molecule has 20 heteroatoms. The van der Waals surface area contributed by atoms with Crippen molar-refractivity contribution in [2.24, 2.45) is 170 Å². The van der Waals surface area contributed by atoms with Crippen LogP contribution in [0.1, 0.15) is 283 Å². The van der Waals surface area contributed by atoms with E-state index in [1.807, 2.05) is 96.9 Å². The van der Waals surface area contributed by atoms with Gasteiger partial charge in [0.2, 0.25) is 0 Å². The van der Waals surface area contributed by atoms with E-state index in [0.717, 1.165) is 178 Å². The van der Waals surface area contributed by atoms with Crippen molar-refractivity contribution < 1.29 is 95.3 Å². The van der Waals surface area contributed by atoms with Crippen LogP contribution in [0.4, 0.5) is 0 Å². The normalized spacial score (nSPS) is 44.8. The largest absolute Gasteiger partial charge is 0.469 e. The van der Waals surface area contributed by atoms with Crippen molar-refractivity contribution in [3.63, 3.8) is 0 Å². The van der Waals surface area contributed by atoms with Gasteiger partial charge in [-0.2, -0.15) is 0 Å². The van der Waals surface area contributed by atoms with Crippen LogP contribution in [0.15, 0.2) is 0 Å². The summed E-state index contributed by atoms with van der Waals surface area (Å²) in [7, 11) is 4.24. The summed E-state index contributed by atoms with van der Waals surface area (Å²) in [5.41, 5.74) is -1.79. The molecular formula is C93H140O20. The Balaban J connectivity index is 0.000000109. The average molecular weight is 1580 g/mol. The number of carbonyl (C=O) groups excluding carboxylic acids is 10. The second-order valence-electron chi connectivity index (χ2n) is 42.0. The van der Waals surface area contributed by atoms with Gasteiger partial charge < -0.3 is 47.4 Å². The number of esters is 9. The first-order valence-electron chi connectivity index (χ1n) is 45.2. The smallest absolute Gasteiger partial charge is 0.312 e. The van der Waals surface area contributed by atoms with Gasteiger partial charge in [-0.3, -0.25) is 47.9 Å². The van der Waals surface area contributed by atoms with Crippen molar-refractivity contribution in [2.75, 3.05) is 27.9 Å². The maximum absolute atomic E-state index is 12.3. The summed E-state index contributed by atoms with van der Waals surface area (Å²) in [6.45, 7) is 27.6. The fourth-order valence-electron chi connectivity index (χ4n) is 28.7. The topological polar surface area (TPSA) is 263 Å². The summed E-state index contributed by atoms with van der Waals surface area (Å²) in [5.74, 6) is 17.7. The van der Waals surface area contributed by atoms with Gasteiger partial charge in [0.15, 0.2) is 5.78 Å². The van der Waals surface area contributed by atoms with Gasteiger partial charge in [0.1, 0.15) is 41.2 Å². The first-order chi connectivity index (χ1) is 53.5. The summed E-state index contributed by atoms with van der Waals surface area (Å²) in [6.07, 6.45) is 31.9. The molecule has 3 spiro atoms. The van der Waals surface area contributed by atoms with Crippen LogP contribution in [0, 0.1) is 170 Å². The molecule has 5 aliphatic heterocycles. The van der Waals surface area contributed by atoms with Gasteiger partial charge in [-0.1, -0.05) is 48.5 Å². The Morgan fingerprint density at radius 2 is 0.858 bits per heavy atom. The SMILES string of the molecule is CCC(C)(C)C(=O)OC.CCC(C)(C)C(=O)OC1C2CC3C(=O)OC1C3C2.CCC(C)(C)C(=O)OC1C2CC3C1OC(=O)C3(C)C2.CCC(C)C(=O)OC.CCC(C)C(=O)OC.O=C1CCC2(CC3CC2C2C4CCC(C4)C32)O1.O=C1CCC2(CC3CC2C2C4CCC(C4)C32)O1.O=C1CCOC12CC1CC2C2C3CCC(C3)C12. The molecule has 16 saturated carbocycles. The van der Waals surface area contributed by atoms with Crippen LogP contribution in [0.5, 0.6) is 0 Å². The molecule has 16 bridgehead atoms. The lowest BCUT2D eigenvalue weighted by molar-refractivity contribution is -0.170. The Hall–Kier alpha value is -5.14. The standard InChI is InChI=1S/C15H22O4.3C15H20O2.C14H20O4.C7H14O2.2C6H12O2/c1-5-14(2,3)12(16)18-10-8-6-9-11(10)19-13(17)15(9,4)7-8;16-12-3-4-17-15(12)7-10-6-11(15)14-9-2-1-8(5-9)13(10)14;2*16-12-3-4-15(17-12)7-10-6-11(15)14-9-2-1-8(5-9)13(10)14;1-4-14(2,3)13(16)18-10-7-5-8-9(6-7)12(15)17-11(8)10;1-5-7(2,3)6(8)9-4;2*1-4-5(2)6(7)8-3/h8-11H,5-7H2,1-4H3;3*8-11,13-14H,1-7H2;7-11H,4-6H2,1-3H3;5H2,1-4H3;2*5H,4H2,1-3H3. The number of rotatable bonds is 12. The van der Waals surface area contributed by atoms with Crippen molar-refractivity contribution in [2.45, 2.75) is 324 Å². The summed E-state index contributed by atoms with van der Waals surface area (Å²) >= 11 is 0. The maximum atomic E-state index is 12.3. The molecule has 0 N–H and O–H groups in total. The van der Waals surface area contributed by atoms with E-state index in [4.69, 9.17) is 33.2 Å². The molecule has 16 aliphatic carbocycles. The lowest BCUT2D eigenvalue weighted by Gasteiger charge is -2.43. The number of ether oxygens (including phenoxy) is 10. The number of hydrogen-bond donors (Lipinski definition) is 0. The second kappa shape index (κ2) is 31.9. The molecule has 21 aliphatic rings. The van der Waals surface area contributed by atoms with Gasteiger partial charge in [0, 0.05) is 54.8 Å². The molecule has 0 aromatic carbocycles. The first kappa shape index (κ1) is 84.3. The predicted octanol–water partition coefficient (Wildman–Crippen LogP) is 16.2. The van der Waals surface area contributed by atoms with E-state index in [-0.39, 0.29) is 129 Å². The summed E-state index contributed by atoms with van der Waals surface area (Å²) in [4.78, 5) is 115. The molecule has 21 rings (SSSR count). The summed E-state index contributed by atoms with van der Waals surface area (Å²) in [5, 5.41) is 0. The zero-order valence-electron chi connectivity index (χ0n) is 71.6. The Labute approximate surface area is 673 Å². The Morgan fingerprint density at radius 3 is 1.25 bits per heavy atom. The zero-order valence-corrected chi connectivity index (χ0v) is 71.6. The Kier molecular flexibility index (Phi) is 23.8.